The van der Waals surface area contributed by atoms with Crippen LogP contribution in [0, 0.1) is 5.82 Å². The highest BCUT2D eigenvalue weighted by atomic mass is 79.9. The lowest BCUT2D eigenvalue weighted by Crippen LogP contribution is -2.32. The third kappa shape index (κ3) is 7.04. The third-order valence-electron chi connectivity index (χ3n) is 2.86. The lowest BCUT2D eigenvalue weighted by Gasteiger charge is -2.18. The standard InChI is InChI=1S/C15H23BrFNO/c1-3-6-19-7-5-15(18-4-2)10-12-8-13(16)11-14(17)9-12/h8-9,11,15,18H,3-7,10H2,1-2H3. The van der Waals surface area contributed by atoms with Gasteiger partial charge in [0, 0.05) is 23.7 Å². The van der Waals surface area contributed by atoms with Crippen molar-refractivity contribution >= 4 is 15.9 Å². The highest BCUT2D eigenvalue weighted by molar-refractivity contribution is 9.10. The summed E-state index contributed by atoms with van der Waals surface area (Å²) >= 11 is 3.33. The van der Waals surface area contributed by atoms with Gasteiger partial charge in [-0.1, -0.05) is 29.8 Å². The Balaban J connectivity index is 2.51. The maximum absolute atomic E-state index is 13.3. The topological polar surface area (TPSA) is 21.3 Å². The van der Waals surface area contributed by atoms with Crippen molar-refractivity contribution in [1.29, 1.82) is 0 Å². The Morgan fingerprint density at radius 2 is 2.05 bits per heavy atom. The van der Waals surface area contributed by atoms with E-state index in [9.17, 15) is 4.39 Å². The molecule has 0 amide bonds. The maximum atomic E-state index is 13.3. The van der Waals surface area contributed by atoms with Gasteiger partial charge in [-0.15, -0.1) is 0 Å². The second-order valence-corrected chi connectivity index (χ2v) is 5.55. The van der Waals surface area contributed by atoms with E-state index in [2.05, 4.69) is 35.1 Å². The van der Waals surface area contributed by atoms with Gasteiger partial charge in [0.2, 0.25) is 0 Å². The van der Waals surface area contributed by atoms with Gasteiger partial charge in [0.15, 0.2) is 0 Å². The highest BCUT2D eigenvalue weighted by Crippen LogP contribution is 2.16. The molecule has 19 heavy (non-hydrogen) atoms. The fraction of sp³-hybridized carbons (Fsp3) is 0.600. The summed E-state index contributed by atoms with van der Waals surface area (Å²) in [4.78, 5) is 0. The Morgan fingerprint density at radius 3 is 2.68 bits per heavy atom. The minimum absolute atomic E-state index is 0.193. The van der Waals surface area contributed by atoms with Crippen LogP contribution in [0.2, 0.25) is 0 Å². The lowest BCUT2D eigenvalue weighted by atomic mass is 10.0. The summed E-state index contributed by atoms with van der Waals surface area (Å²) in [5, 5.41) is 3.43. The molecule has 0 aliphatic heterocycles. The van der Waals surface area contributed by atoms with Crippen LogP contribution in [0.15, 0.2) is 22.7 Å². The Labute approximate surface area is 123 Å². The zero-order valence-corrected chi connectivity index (χ0v) is 13.3. The number of halogens is 2. The van der Waals surface area contributed by atoms with Crippen molar-refractivity contribution in [2.45, 2.75) is 39.2 Å². The summed E-state index contributed by atoms with van der Waals surface area (Å²) in [6.07, 6.45) is 2.81. The first-order chi connectivity index (χ1) is 9.15. The SMILES string of the molecule is CCCOCCC(Cc1cc(F)cc(Br)c1)NCC. The van der Waals surface area contributed by atoms with Gasteiger partial charge in [-0.2, -0.15) is 0 Å². The molecule has 108 valence electrons. The van der Waals surface area contributed by atoms with Crippen molar-refractivity contribution in [2.75, 3.05) is 19.8 Å². The minimum atomic E-state index is -0.193. The zero-order chi connectivity index (χ0) is 14.1. The van der Waals surface area contributed by atoms with Crippen molar-refractivity contribution in [1.82, 2.24) is 5.32 Å². The van der Waals surface area contributed by atoms with Crippen LogP contribution in [0.3, 0.4) is 0 Å². The van der Waals surface area contributed by atoms with Crippen LogP contribution in [-0.2, 0) is 11.2 Å². The van der Waals surface area contributed by atoms with E-state index in [0.29, 0.717) is 6.04 Å². The molecule has 0 radical (unpaired) electrons. The fourth-order valence-electron chi connectivity index (χ4n) is 2.05. The van der Waals surface area contributed by atoms with Crippen LogP contribution in [-0.4, -0.2) is 25.8 Å². The summed E-state index contributed by atoms with van der Waals surface area (Å²) in [6.45, 7) is 6.66. The molecule has 1 unspecified atom stereocenters. The van der Waals surface area contributed by atoms with Gasteiger partial charge in [0.05, 0.1) is 0 Å². The molecule has 0 saturated heterocycles. The van der Waals surface area contributed by atoms with Crippen LogP contribution in [0.1, 0.15) is 32.3 Å². The summed E-state index contributed by atoms with van der Waals surface area (Å²) in [5.41, 5.74) is 1.01. The Hall–Kier alpha value is -0.450. The first-order valence-corrected chi connectivity index (χ1v) is 7.71. The predicted molar refractivity (Wildman–Crippen MR) is 81.0 cm³/mol. The van der Waals surface area contributed by atoms with Crippen LogP contribution in [0.4, 0.5) is 4.39 Å². The highest BCUT2D eigenvalue weighted by Gasteiger charge is 2.09. The molecule has 0 saturated carbocycles. The van der Waals surface area contributed by atoms with Gasteiger partial charge in [0.1, 0.15) is 5.82 Å². The van der Waals surface area contributed by atoms with Crippen LogP contribution in [0.25, 0.3) is 0 Å². The molecular weight excluding hydrogens is 309 g/mol. The molecule has 0 spiro atoms. The van der Waals surface area contributed by atoms with Crippen LogP contribution >= 0.6 is 15.9 Å². The van der Waals surface area contributed by atoms with E-state index in [-0.39, 0.29) is 5.82 Å². The number of benzene rings is 1. The van der Waals surface area contributed by atoms with Gasteiger partial charge < -0.3 is 10.1 Å². The molecule has 1 rings (SSSR count). The van der Waals surface area contributed by atoms with Gasteiger partial charge in [-0.25, -0.2) is 4.39 Å². The fourth-order valence-corrected chi connectivity index (χ4v) is 2.56. The molecule has 1 aromatic rings. The summed E-state index contributed by atoms with van der Waals surface area (Å²) < 4.78 is 19.7. The smallest absolute Gasteiger partial charge is 0.124 e. The molecule has 0 aliphatic carbocycles. The second-order valence-electron chi connectivity index (χ2n) is 4.64. The molecule has 4 heteroatoms. The van der Waals surface area contributed by atoms with E-state index in [4.69, 9.17) is 4.74 Å². The third-order valence-corrected chi connectivity index (χ3v) is 3.31. The average molecular weight is 332 g/mol. The zero-order valence-electron chi connectivity index (χ0n) is 11.7. The first-order valence-electron chi connectivity index (χ1n) is 6.91. The van der Waals surface area contributed by atoms with E-state index >= 15 is 0 Å². The number of nitrogens with one attached hydrogen (secondary N) is 1. The van der Waals surface area contributed by atoms with Gasteiger partial charge in [-0.3, -0.25) is 0 Å². The monoisotopic (exact) mass is 331 g/mol. The van der Waals surface area contributed by atoms with Crippen molar-refractivity contribution in [3.63, 3.8) is 0 Å². The van der Waals surface area contributed by atoms with E-state index in [1.165, 1.54) is 6.07 Å². The first kappa shape index (κ1) is 16.6. The van der Waals surface area contributed by atoms with E-state index in [1.807, 2.05) is 6.07 Å². The molecule has 0 heterocycles. The number of hydrogen-bond acceptors (Lipinski definition) is 2. The molecule has 1 atom stereocenters. The molecule has 2 nitrogen and oxygen atoms in total. The van der Waals surface area contributed by atoms with E-state index in [0.717, 1.165) is 49.1 Å². The summed E-state index contributed by atoms with van der Waals surface area (Å²) in [6, 6.07) is 5.38. The number of ether oxygens (including phenoxy) is 1. The average Bonchev–Trinajstić information content (AvgIpc) is 2.33. The van der Waals surface area contributed by atoms with Crippen molar-refractivity contribution in [3.8, 4) is 0 Å². The van der Waals surface area contributed by atoms with Crippen molar-refractivity contribution in [2.24, 2.45) is 0 Å². The Morgan fingerprint density at radius 1 is 1.26 bits per heavy atom. The van der Waals surface area contributed by atoms with E-state index < -0.39 is 0 Å². The molecule has 0 aliphatic rings. The number of hydrogen-bond donors (Lipinski definition) is 1. The largest absolute Gasteiger partial charge is 0.381 e. The van der Waals surface area contributed by atoms with Crippen LogP contribution < -0.4 is 5.32 Å². The maximum Gasteiger partial charge on any atom is 0.124 e. The van der Waals surface area contributed by atoms with Gasteiger partial charge in [0.25, 0.3) is 0 Å². The predicted octanol–water partition coefficient (Wildman–Crippen LogP) is 3.93. The second kappa shape index (κ2) is 9.45. The van der Waals surface area contributed by atoms with Gasteiger partial charge in [-0.05, 0) is 49.6 Å². The van der Waals surface area contributed by atoms with E-state index in [1.54, 1.807) is 6.07 Å². The Kier molecular flexibility index (Phi) is 8.26. The number of likely N-dealkylation sites (N-methyl/N-ethyl adjacent to an activating group) is 1. The quantitative estimate of drug-likeness (QED) is 0.692. The van der Waals surface area contributed by atoms with Crippen molar-refractivity contribution in [3.05, 3.63) is 34.1 Å². The summed E-state index contributed by atoms with van der Waals surface area (Å²) in [5.74, 6) is -0.193. The van der Waals surface area contributed by atoms with Crippen LogP contribution in [0.5, 0.6) is 0 Å². The molecule has 1 aromatic carbocycles. The number of rotatable bonds is 9. The molecule has 0 aromatic heterocycles. The lowest BCUT2D eigenvalue weighted by molar-refractivity contribution is 0.124. The summed E-state index contributed by atoms with van der Waals surface area (Å²) in [7, 11) is 0. The normalized spacial score (nSPS) is 12.6. The molecular formula is C15H23BrFNO. The van der Waals surface area contributed by atoms with Crippen molar-refractivity contribution < 1.29 is 9.13 Å². The molecule has 1 N–H and O–H groups in total. The molecule has 0 fully saturated rings. The minimum Gasteiger partial charge on any atom is -0.381 e. The van der Waals surface area contributed by atoms with Gasteiger partial charge >= 0.3 is 0 Å². The Bertz CT molecular complexity index is 353. The molecule has 0 bridgehead atoms.